The number of carbonyl (C=O) groups excluding carboxylic acids is 8. The minimum atomic E-state index is -1.31. The predicted octanol–water partition coefficient (Wildman–Crippen LogP) is 1.78. The quantitative estimate of drug-likeness (QED) is 0.0831. The molecule has 0 aromatic heterocycles. The molecule has 0 radical (unpaired) electrons. The molecule has 1 heterocycles. The van der Waals surface area contributed by atoms with Crippen LogP contribution in [0, 0.1) is 11.8 Å². The number of ether oxygens (including phenoxy) is 3. The molecule has 1 aliphatic carbocycles. The van der Waals surface area contributed by atoms with E-state index in [0.29, 0.717) is 32.1 Å². The van der Waals surface area contributed by atoms with Crippen molar-refractivity contribution in [1.82, 2.24) is 26.2 Å². The molecule has 2 fully saturated rings. The highest BCUT2D eigenvalue weighted by molar-refractivity contribution is 6.38. The van der Waals surface area contributed by atoms with Gasteiger partial charge in [0.15, 0.2) is 0 Å². The van der Waals surface area contributed by atoms with Crippen LogP contribution in [0.15, 0.2) is 0 Å². The molecule has 55 heavy (non-hydrogen) atoms. The first-order valence-corrected chi connectivity index (χ1v) is 19.6. The van der Waals surface area contributed by atoms with E-state index in [1.165, 1.54) is 4.90 Å². The topological polar surface area (TPSA) is 242 Å². The lowest BCUT2D eigenvalue weighted by Crippen LogP contribution is -2.58. The Morgan fingerprint density at radius 2 is 1.55 bits per heavy atom. The van der Waals surface area contributed by atoms with Gasteiger partial charge in [0.1, 0.15) is 30.3 Å². The Kier molecular flexibility index (Phi) is 19.6. The van der Waals surface area contributed by atoms with Crippen LogP contribution in [0.4, 0.5) is 4.79 Å². The third-order valence-corrected chi connectivity index (χ3v) is 9.28. The summed E-state index contributed by atoms with van der Waals surface area (Å²) in [6.45, 7) is 11.6. The lowest BCUT2D eigenvalue weighted by atomic mass is 9.83. The second-order valence-corrected chi connectivity index (χ2v) is 15.8. The average molecular weight is 781 g/mol. The molecule has 17 nitrogen and oxygen atoms in total. The Hall–Kier alpha value is -4.28. The Morgan fingerprint density at radius 1 is 0.873 bits per heavy atom. The molecule has 2 rings (SSSR count). The standard InChI is InChI=1S/C38H64N6O11/c1-8-10-17-27(33(39)48)41-29(45)19-40-35(50)32(47)26(14-9-2)42-34(49)28-18-25(53-22-30(46)55-38(5,6)7)20-44(28)36(51)31(24-15-12-11-13-16-24)43-37(52)54-21-23(3)4/h23-28,31H,8-22H2,1-7H3,(H2,39,48)(H,40,50)(H,41,45)(H,42,49)(H,43,52)/t25-,26?,27?,28+,31?/m1/s1. The van der Waals surface area contributed by atoms with Crippen LogP contribution >= 0.6 is 0 Å². The fraction of sp³-hybridized carbons (Fsp3) is 0.789. The first kappa shape index (κ1) is 46.9. The third-order valence-electron chi connectivity index (χ3n) is 9.28. The molecule has 6 amide bonds. The van der Waals surface area contributed by atoms with Crippen molar-refractivity contribution < 1.29 is 52.6 Å². The van der Waals surface area contributed by atoms with Crippen LogP contribution in [0.3, 0.4) is 0 Å². The van der Waals surface area contributed by atoms with Crippen molar-refractivity contribution >= 4 is 47.4 Å². The molecular weight excluding hydrogens is 716 g/mol. The maximum absolute atomic E-state index is 14.4. The predicted molar refractivity (Wildman–Crippen MR) is 201 cm³/mol. The molecule has 1 saturated heterocycles. The summed E-state index contributed by atoms with van der Waals surface area (Å²) in [6, 6.07) is -4.44. The number of carbonyl (C=O) groups is 8. The summed E-state index contributed by atoms with van der Waals surface area (Å²) in [5.74, 6) is -5.65. The van der Waals surface area contributed by atoms with Gasteiger partial charge in [0.2, 0.25) is 29.4 Å². The van der Waals surface area contributed by atoms with Gasteiger partial charge in [-0.3, -0.25) is 28.8 Å². The summed E-state index contributed by atoms with van der Waals surface area (Å²) in [5, 5.41) is 10.1. The van der Waals surface area contributed by atoms with Crippen molar-refractivity contribution in [2.45, 2.75) is 155 Å². The molecule has 3 unspecified atom stereocenters. The van der Waals surface area contributed by atoms with Crippen molar-refractivity contribution in [3.63, 3.8) is 0 Å². The van der Waals surface area contributed by atoms with Crippen LogP contribution < -0.4 is 27.0 Å². The Labute approximate surface area is 324 Å². The second kappa shape index (κ2) is 22.9. The summed E-state index contributed by atoms with van der Waals surface area (Å²) in [6.07, 6.45) is 4.66. The van der Waals surface area contributed by atoms with Gasteiger partial charge < -0.3 is 46.1 Å². The van der Waals surface area contributed by atoms with Gasteiger partial charge in [-0.2, -0.15) is 0 Å². The number of ketones is 1. The number of esters is 1. The number of alkyl carbamates (subject to hydrolysis) is 1. The van der Waals surface area contributed by atoms with Crippen molar-refractivity contribution in [1.29, 1.82) is 0 Å². The van der Waals surface area contributed by atoms with Crippen molar-refractivity contribution in [3.05, 3.63) is 0 Å². The van der Waals surface area contributed by atoms with E-state index in [-0.39, 0.29) is 37.8 Å². The number of nitrogens with one attached hydrogen (secondary N) is 4. The monoisotopic (exact) mass is 780 g/mol. The van der Waals surface area contributed by atoms with Gasteiger partial charge in [0.25, 0.3) is 5.91 Å². The van der Waals surface area contributed by atoms with Crippen LogP contribution in [0.1, 0.15) is 119 Å². The number of nitrogens with zero attached hydrogens (tertiary/aromatic N) is 1. The zero-order valence-electron chi connectivity index (χ0n) is 33.7. The number of amides is 6. The number of likely N-dealkylation sites (tertiary alicyclic amines) is 1. The van der Waals surface area contributed by atoms with E-state index in [4.69, 9.17) is 19.9 Å². The fourth-order valence-electron chi connectivity index (χ4n) is 6.58. The molecule has 0 bridgehead atoms. The highest BCUT2D eigenvalue weighted by Gasteiger charge is 2.45. The lowest BCUT2D eigenvalue weighted by Gasteiger charge is -2.34. The highest BCUT2D eigenvalue weighted by Crippen LogP contribution is 2.30. The SMILES string of the molecule is CCCCC(NC(=O)CNC(=O)C(=O)C(CCC)NC(=O)[C@@H]1C[C@@H](OCC(=O)OC(C)(C)C)CN1C(=O)C(NC(=O)OCC(C)C)C1CCCCC1)C(N)=O. The summed E-state index contributed by atoms with van der Waals surface area (Å²) in [4.78, 5) is 106. The van der Waals surface area contributed by atoms with E-state index in [9.17, 15) is 38.4 Å². The molecule has 2 aliphatic rings. The van der Waals surface area contributed by atoms with Crippen LogP contribution in [-0.2, 0) is 47.8 Å². The normalized spacial score (nSPS) is 19.1. The minimum Gasteiger partial charge on any atom is -0.458 e. The second-order valence-electron chi connectivity index (χ2n) is 15.8. The fourth-order valence-corrected chi connectivity index (χ4v) is 6.58. The summed E-state index contributed by atoms with van der Waals surface area (Å²) in [7, 11) is 0. The number of rotatable bonds is 21. The maximum atomic E-state index is 14.4. The molecule has 0 aromatic carbocycles. The lowest BCUT2D eigenvalue weighted by molar-refractivity contribution is -0.162. The number of hydrogen-bond acceptors (Lipinski definition) is 11. The molecular formula is C38H64N6O11. The average Bonchev–Trinajstić information content (AvgIpc) is 3.56. The molecule has 0 aromatic rings. The van der Waals surface area contributed by atoms with Crippen molar-refractivity contribution in [2.75, 3.05) is 26.3 Å². The molecule has 17 heteroatoms. The zero-order chi connectivity index (χ0) is 41.3. The van der Waals surface area contributed by atoms with E-state index in [1.54, 1.807) is 27.7 Å². The molecule has 5 atom stereocenters. The van der Waals surface area contributed by atoms with E-state index < -0.39 is 96.4 Å². The van der Waals surface area contributed by atoms with Crippen LogP contribution in [-0.4, -0.2) is 114 Å². The van der Waals surface area contributed by atoms with Crippen LogP contribution in [0.5, 0.6) is 0 Å². The Balaban J connectivity index is 2.28. The maximum Gasteiger partial charge on any atom is 0.407 e. The zero-order valence-corrected chi connectivity index (χ0v) is 33.7. The molecule has 6 N–H and O–H groups in total. The van der Waals surface area contributed by atoms with Crippen molar-refractivity contribution in [3.8, 4) is 0 Å². The van der Waals surface area contributed by atoms with E-state index in [1.807, 2.05) is 20.8 Å². The summed E-state index contributed by atoms with van der Waals surface area (Å²) >= 11 is 0. The van der Waals surface area contributed by atoms with Crippen LogP contribution in [0.2, 0.25) is 0 Å². The van der Waals surface area contributed by atoms with E-state index in [0.717, 1.165) is 25.7 Å². The van der Waals surface area contributed by atoms with Gasteiger partial charge in [-0.15, -0.1) is 0 Å². The molecule has 1 saturated carbocycles. The van der Waals surface area contributed by atoms with Gasteiger partial charge in [0, 0.05) is 13.0 Å². The minimum absolute atomic E-state index is 0.0476. The molecule has 1 aliphatic heterocycles. The number of unbranched alkanes of at least 4 members (excludes halogenated alkanes) is 1. The van der Waals surface area contributed by atoms with Gasteiger partial charge >= 0.3 is 12.1 Å². The van der Waals surface area contributed by atoms with Crippen LogP contribution in [0.25, 0.3) is 0 Å². The third kappa shape index (κ3) is 16.5. The van der Waals surface area contributed by atoms with Gasteiger partial charge in [-0.25, -0.2) is 9.59 Å². The highest BCUT2D eigenvalue weighted by atomic mass is 16.6. The first-order chi connectivity index (χ1) is 25.9. The Bertz CT molecular complexity index is 1340. The summed E-state index contributed by atoms with van der Waals surface area (Å²) < 4.78 is 16.5. The first-order valence-electron chi connectivity index (χ1n) is 19.6. The number of Topliss-reactive ketones (excluding diaryl/α,β-unsaturated/α-hetero) is 1. The van der Waals surface area contributed by atoms with E-state index >= 15 is 0 Å². The molecule has 0 spiro atoms. The smallest absolute Gasteiger partial charge is 0.407 e. The number of primary amides is 1. The van der Waals surface area contributed by atoms with Gasteiger partial charge in [0.05, 0.1) is 25.3 Å². The number of nitrogens with two attached hydrogens (primary N) is 1. The Morgan fingerprint density at radius 3 is 2.13 bits per heavy atom. The summed E-state index contributed by atoms with van der Waals surface area (Å²) in [5.41, 5.74) is 4.61. The largest absolute Gasteiger partial charge is 0.458 e. The van der Waals surface area contributed by atoms with Crippen molar-refractivity contribution in [2.24, 2.45) is 17.6 Å². The van der Waals surface area contributed by atoms with Gasteiger partial charge in [-0.05, 0) is 58.3 Å². The number of hydrogen-bond donors (Lipinski definition) is 5. The molecule has 312 valence electrons. The van der Waals surface area contributed by atoms with Gasteiger partial charge in [-0.1, -0.05) is 66.2 Å². The van der Waals surface area contributed by atoms with E-state index in [2.05, 4.69) is 21.3 Å².